The molecule has 1 aromatic carbocycles. The molecule has 1 fully saturated rings. The highest BCUT2D eigenvalue weighted by Crippen LogP contribution is 2.16. The van der Waals surface area contributed by atoms with Gasteiger partial charge in [-0.1, -0.05) is 6.07 Å². The molecule has 3 rings (SSSR count). The van der Waals surface area contributed by atoms with Crippen molar-refractivity contribution in [3.05, 3.63) is 47.8 Å². The molecule has 2 heterocycles. The average Bonchev–Trinajstić information content (AvgIpc) is 2.70. The highest BCUT2D eigenvalue weighted by atomic mass is 127. The molecule has 2 aromatic rings. The van der Waals surface area contributed by atoms with Crippen molar-refractivity contribution < 1.29 is 4.74 Å². The Balaban J connectivity index is 0.00000300. The second-order valence-corrected chi connectivity index (χ2v) is 6.93. The van der Waals surface area contributed by atoms with Crippen LogP contribution in [0.15, 0.2) is 41.7 Å². The summed E-state index contributed by atoms with van der Waals surface area (Å²) in [5, 5.41) is 3.39. The van der Waals surface area contributed by atoms with Gasteiger partial charge in [-0.2, -0.15) is 0 Å². The maximum Gasteiger partial charge on any atom is 0.225 e. The smallest absolute Gasteiger partial charge is 0.225 e. The van der Waals surface area contributed by atoms with Crippen LogP contribution in [0.5, 0.6) is 5.75 Å². The molecule has 0 radical (unpaired) electrons. The zero-order valence-corrected chi connectivity index (χ0v) is 19.8. The minimum absolute atomic E-state index is 0. The summed E-state index contributed by atoms with van der Waals surface area (Å²) < 4.78 is 5.88. The van der Waals surface area contributed by atoms with Gasteiger partial charge >= 0.3 is 0 Å². The second kappa shape index (κ2) is 11.8. The van der Waals surface area contributed by atoms with Crippen LogP contribution in [0, 0.1) is 13.8 Å². The number of benzene rings is 1. The number of aliphatic imine (C=N–C) groups is 1. The van der Waals surface area contributed by atoms with Crippen molar-refractivity contribution in [2.45, 2.75) is 20.8 Å². The Morgan fingerprint density at radius 3 is 2.34 bits per heavy atom. The van der Waals surface area contributed by atoms with Crippen LogP contribution < -0.4 is 15.0 Å². The number of guanidine groups is 1. The lowest BCUT2D eigenvalue weighted by molar-refractivity contribution is 0.324. The highest BCUT2D eigenvalue weighted by Gasteiger charge is 2.20. The Bertz CT molecular complexity index is 758. The molecule has 7 nitrogen and oxygen atoms in total. The van der Waals surface area contributed by atoms with Gasteiger partial charge in [-0.15, -0.1) is 24.0 Å². The Morgan fingerprint density at radius 2 is 1.72 bits per heavy atom. The van der Waals surface area contributed by atoms with Crippen molar-refractivity contribution in [3.8, 4) is 5.75 Å². The summed E-state index contributed by atoms with van der Waals surface area (Å²) in [4.78, 5) is 17.9. The monoisotopic (exact) mass is 510 g/mol. The molecule has 29 heavy (non-hydrogen) atoms. The van der Waals surface area contributed by atoms with Crippen LogP contribution in [-0.2, 0) is 0 Å². The van der Waals surface area contributed by atoms with Gasteiger partial charge in [-0.05, 0) is 50.1 Å². The van der Waals surface area contributed by atoms with Crippen molar-refractivity contribution in [3.63, 3.8) is 0 Å². The van der Waals surface area contributed by atoms with E-state index in [1.807, 2.05) is 6.07 Å². The zero-order chi connectivity index (χ0) is 19.8. The van der Waals surface area contributed by atoms with Crippen molar-refractivity contribution >= 4 is 35.9 Å². The first kappa shape index (κ1) is 23.2. The third-order valence-corrected chi connectivity index (χ3v) is 4.57. The summed E-state index contributed by atoms with van der Waals surface area (Å²) >= 11 is 0. The van der Waals surface area contributed by atoms with E-state index in [2.05, 4.69) is 64.1 Å². The first-order valence-corrected chi connectivity index (χ1v) is 9.92. The van der Waals surface area contributed by atoms with Crippen LogP contribution in [0.3, 0.4) is 0 Å². The van der Waals surface area contributed by atoms with Gasteiger partial charge in [0.1, 0.15) is 12.4 Å². The van der Waals surface area contributed by atoms with Gasteiger partial charge in [-0.25, -0.2) is 15.0 Å². The summed E-state index contributed by atoms with van der Waals surface area (Å²) in [5.41, 5.74) is 2.43. The van der Waals surface area contributed by atoms with Gasteiger partial charge in [0.15, 0.2) is 5.96 Å². The second-order valence-electron chi connectivity index (χ2n) is 6.93. The molecular formula is C21H31IN6O. The predicted molar refractivity (Wildman–Crippen MR) is 129 cm³/mol. The van der Waals surface area contributed by atoms with E-state index < -0.39 is 0 Å². The molecular weight excluding hydrogens is 479 g/mol. The van der Waals surface area contributed by atoms with Gasteiger partial charge in [0.25, 0.3) is 0 Å². The molecule has 1 aliphatic rings. The Hall–Kier alpha value is -2.10. The number of piperazine rings is 1. The summed E-state index contributed by atoms with van der Waals surface area (Å²) in [6.07, 6.45) is 3.58. The summed E-state index contributed by atoms with van der Waals surface area (Å²) in [5.74, 6) is 2.65. The quantitative estimate of drug-likeness (QED) is 0.279. The van der Waals surface area contributed by atoms with Gasteiger partial charge < -0.3 is 19.9 Å². The zero-order valence-electron chi connectivity index (χ0n) is 17.5. The van der Waals surface area contributed by atoms with Crippen LogP contribution in [0.1, 0.15) is 18.1 Å². The van der Waals surface area contributed by atoms with Crippen LogP contribution in [-0.4, -0.2) is 66.7 Å². The lowest BCUT2D eigenvalue weighted by atomic mass is 10.1. The molecule has 0 saturated carbocycles. The molecule has 0 atom stereocenters. The van der Waals surface area contributed by atoms with E-state index in [-0.39, 0.29) is 24.0 Å². The topological polar surface area (TPSA) is 65.9 Å². The average molecular weight is 510 g/mol. The first-order chi connectivity index (χ1) is 13.7. The molecule has 0 unspecified atom stereocenters. The fourth-order valence-electron chi connectivity index (χ4n) is 3.33. The molecule has 1 N–H and O–H groups in total. The number of anilines is 1. The van der Waals surface area contributed by atoms with E-state index in [1.165, 1.54) is 11.1 Å². The molecule has 8 heteroatoms. The van der Waals surface area contributed by atoms with E-state index in [9.17, 15) is 0 Å². The SMILES string of the molecule is CCNC(=NCCOc1cc(C)cc(C)c1)N1CCN(c2ncccn2)CC1.I. The maximum atomic E-state index is 5.88. The normalized spacial score (nSPS) is 14.4. The molecule has 1 aromatic heterocycles. The lowest BCUT2D eigenvalue weighted by Crippen LogP contribution is -2.53. The van der Waals surface area contributed by atoms with E-state index in [1.54, 1.807) is 12.4 Å². The molecule has 158 valence electrons. The molecule has 0 bridgehead atoms. The molecule has 1 aliphatic heterocycles. The number of aryl methyl sites for hydroxylation is 2. The minimum Gasteiger partial charge on any atom is -0.492 e. The van der Waals surface area contributed by atoms with Crippen LogP contribution in [0.4, 0.5) is 5.95 Å². The summed E-state index contributed by atoms with van der Waals surface area (Å²) in [6.45, 7) is 11.8. The van der Waals surface area contributed by atoms with Gasteiger partial charge in [0.2, 0.25) is 5.95 Å². The lowest BCUT2D eigenvalue weighted by Gasteiger charge is -2.36. The van der Waals surface area contributed by atoms with Crippen molar-refractivity contribution in [1.29, 1.82) is 0 Å². The number of nitrogens with zero attached hydrogens (tertiary/aromatic N) is 5. The fourth-order valence-corrected chi connectivity index (χ4v) is 3.33. The Morgan fingerprint density at radius 1 is 1.07 bits per heavy atom. The first-order valence-electron chi connectivity index (χ1n) is 9.92. The highest BCUT2D eigenvalue weighted by molar-refractivity contribution is 14.0. The van der Waals surface area contributed by atoms with Crippen molar-refractivity contribution in [2.75, 3.05) is 50.8 Å². The molecule has 0 spiro atoms. The number of rotatable bonds is 6. The van der Waals surface area contributed by atoms with Crippen LogP contribution in [0.25, 0.3) is 0 Å². The number of hydrogen-bond donors (Lipinski definition) is 1. The third-order valence-electron chi connectivity index (χ3n) is 4.57. The fraction of sp³-hybridized carbons (Fsp3) is 0.476. The number of ether oxygens (including phenoxy) is 1. The predicted octanol–water partition coefficient (Wildman–Crippen LogP) is 2.88. The van der Waals surface area contributed by atoms with E-state index >= 15 is 0 Å². The summed E-state index contributed by atoms with van der Waals surface area (Å²) in [6, 6.07) is 8.11. The van der Waals surface area contributed by atoms with E-state index in [0.29, 0.717) is 13.2 Å². The standard InChI is InChI=1S/C21H30N6O.HI/c1-4-22-20(25-8-13-28-19-15-17(2)14-18(3)16-19)26-9-11-27(12-10-26)21-23-6-5-7-24-21;/h5-7,14-16H,4,8-13H2,1-3H3,(H,22,25);1H. The van der Waals surface area contributed by atoms with Gasteiger partial charge in [0, 0.05) is 45.1 Å². The number of halogens is 1. The number of hydrogen-bond acceptors (Lipinski definition) is 5. The molecule has 1 saturated heterocycles. The number of nitrogens with one attached hydrogen (secondary N) is 1. The maximum absolute atomic E-state index is 5.88. The van der Waals surface area contributed by atoms with Gasteiger partial charge in [-0.3, -0.25) is 0 Å². The summed E-state index contributed by atoms with van der Waals surface area (Å²) in [7, 11) is 0. The van der Waals surface area contributed by atoms with E-state index in [0.717, 1.165) is 50.4 Å². The molecule has 0 amide bonds. The van der Waals surface area contributed by atoms with Crippen molar-refractivity contribution in [1.82, 2.24) is 20.2 Å². The third kappa shape index (κ3) is 7.02. The van der Waals surface area contributed by atoms with E-state index in [4.69, 9.17) is 9.73 Å². The van der Waals surface area contributed by atoms with Crippen LogP contribution >= 0.6 is 24.0 Å². The Labute approximate surface area is 190 Å². The van der Waals surface area contributed by atoms with Crippen LogP contribution in [0.2, 0.25) is 0 Å². The molecule has 0 aliphatic carbocycles. The van der Waals surface area contributed by atoms with Crippen molar-refractivity contribution in [2.24, 2.45) is 4.99 Å². The largest absolute Gasteiger partial charge is 0.492 e. The number of aromatic nitrogens is 2. The van der Waals surface area contributed by atoms with Gasteiger partial charge in [0.05, 0.1) is 6.54 Å². The minimum atomic E-state index is 0. The Kier molecular flexibility index (Phi) is 9.43.